The summed E-state index contributed by atoms with van der Waals surface area (Å²) >= 11 is 12.3. The maximum Gasteiger partial charge on any atom is 0.248 e. The summed E-state index contributed by atoms with van der Waals surface area (Å²) < 4.78 is 13.3. The molecule has 0 saturated heterocycles. The topological polar surface area (TPSA) is 56.6 Å². The van der Waals surface area contributed by atoms with Crippen LogP contribution in [0.15, 0.2) is 60.7 Å². The number of carbonyl (C=O) groups excluding carboxylic acids is 1. The van der Waals surface area contributed by atoms with Gasteiger partial charge in [0.1, 0.15) is 31.5 Å². The predicted octanol–water partition coefficient (Wildman–Crippen LogP) is 6.68. The van der Waals surface area contributed by atoms with Gasteiger partial charge >= 0.3 is 0 Å². The lowest BCUT2D eigenvalue weighted by Crippen LogP contribution is -2.37. The summed E-state index contributed by atoms with van der Waals surface area (Å²) in [7, 11) is 1.60. The fourth-order valence-corrected chi connectivity index (χ4v) is 4.78. The first-order chi connectivity index (χ1) is 17.5. The molecule has 0 N–H and O–H groups in total. The average molecular weight is 526 g/mol. The van der Waals surface area contributed by atoms with Gasteiger partial charge in [0.15, 0.2) is 0 Å². The zero-order chi connectivity index (χ0) is 25.7. The Hall–Kier alpha value is -3.06. The third kappa shape index (κ3) is 5.51. The van der Waals surface area contributed by atoms with Crippen LogP contribution in [0.25, 0.3) is 11.0 Å². The second kappa shape index (κ2) is 11.8. The number of imidazole rings is 1. The highest BCUT2D eigenvalue weighted by Gasteiger charge is 2.23. The molecule has 36 heavy (non-hydrogen) atoms. The Labute approximate surface area is 221 Å². The molecule has 4 aromatic rings. The number of para-hydroxylation sites is 3. The third-order valence-electron chi connectivity index (χ3n) is 6.07. The van der Waals surface area contributed by atoms with Crippen LogP contribution in [0, 0.1) is 0 Å². The van der Waals surface area contributed by atoms with Crippen LogP contribution in [0.1, 0.15) is 30.8 Å². The molecule has 0 aliphatic heterocycles. The fraction of sp³-hybridized carbons (Fsp3) is 0.286. The summed E-state index contributed by atoms with van der Waals surface area (Å²) in [6.07, 6.45) is 1.62. The Bertz CT molecular complexity index is 1350. The monoisotopic (exact) mass is 525 g/mol. The van der Waals surface area contributed by atoms with E-state index in [4.69, 9.17) is 37.7 Å². The Morgan fingerprint density at radius 3 is 2.39 bits per heavy atom. The molecular weight excluding hydrogens is 497 g/mol. The van der Waals surface area contributed by atoms with E-state index in [0.29, 0.717) is 21.6 Å². The van der Waals surface area contributed by atoms with Crippen molar-refractivity contribution in [3.05, 3.63) is 87.7 Å². The molecule has 0 fully saturated rings. The number of hydrogen-bond acceptors (Lipinski definition) is 4. The van der Waals surface area contributed by atoms with Gasteiger partial charge in [-0.2, -0.15) is 0 Å². The number of amides is 1. The molecule has 188 valence electrons. The van der Waals surface area contributed by atoms with E-state index < -0.39 is 0 Å². The largest absolute Gasteiger partial charge is 0.484 e. The molecule has 1 amide bonds. The van der Waals surface area contributed by atoms with Crippen LogP contribution in [-0.4, -0.2) is 29.3 Å². The van der Waals surface area contributed by atoms with Crippen LogP contribution in [0.4, 0.5) is 5.69 Å². The van der Waals surface area contributed by atoms with Crippen LogP contribution < -0.4 is 9.64 Å². The number of halogens is 2. The maximum atomic E-state index is 13.8. The molecular formula is C28H29Cl2N3O3. The number of ether oxygens (including phenoxy) is 2. The number of carbonyl (C=O) groups is 1. The summed E-state index contributed by atoms with van der Waals surface area (Å²) in [6, 6.07) is 19.0. The zero-order valence-corrected chi connectivity index (χ0v) is 22.1. The molecule has 6 nitrogen and oxygen atoms in total. The van der Waals surface area contributed by atoms with Gasteiger partial charge in [0.2, 0.25) is 5.91 Å². The maximum absolute atomic E-state index is 13.8. The minimum atomic E-state index is -0.0959. The van der Waals surface area contributed by atoms with Crippen molar-refractivity contribution < 1.29 is 14.3 Å². The number of anilines is 1. The van der Waals surface area contributed by atoms with Crippen molar-refractivity contribution in [2.75, 3.05) is 18.7 Å². The predicted molar refractivity (Wildman–Crippen MR) is 145 cm³/mol. The van der Waals surface area contributed by atoms with E-state index in [2.05, 4.69) is 26.0 Å². The van der Waals surface area contributed by atoms with Gasteiger partial charge in [-0.05, 0) is 54.3 Å². The van der Waals surface area contributed by atoms with Gasteiger partial charge in [-0.1, -0.05) is 67.4 Å². The van der Waals surface area contributed by atoms with Crippen LogP contribution in [0.5, 0.6) is 5.75 Å². The number of fused-ring (bicyclic) bond motifs is 1. The Kier molecular flexibility index (Phi) is 8.52. The minimum Gasteiger partial charge on any atom is -0.484 e. The van der Waals surface area contributed by atoms with Gasteiger partial charge in [0, 0.05) is 12.1 Å². The van der Waals surface area contributed by atoms with Gasteiger partial charge in [0.25, 0.3) is 0 Å². The van der Waals surface area contributed by atoms with E-state index in [1.54, 1.807) is 30.2 Å². The number of aryl methyl sites for hydroxylation is 2. The van der Waals surface area contributed by atoms with Crippen molar-refractivity contribution in [2.24, 2.45) is 0 Å². The Balaban J connectivity index is 1.69. The summed E-state index contributed by atoms with van der Waals surface area (Å²) in [5, 5.41) is 0.943. The average Bonchev–Trinajstić information content (AvgIpc) is 3.23. The van der Waals surface area contributed by atoms with Gasteiger partial charge < -0.3 is 14.0 Å². The van der Waals surface area contributed by atoms with Gasteiger partial charge in [-0.3, -0.25) is 9.69 Å². The molecule has 0 saturated carbocycles. The summed E-state index contributed by atoms with van der Waals surface area (Å²) in [6.45, 7) is 4.56. The number of benzene rings is 3. The standard InChI is InChI=1S/C28H29Cl2N3O3/c1-4-19-9-8-10-20(5-2)28(19)33(18-35-3)27(34)16-32-24-12-7-6-11-23(24)31-26(32)17-36-25-14-13-21(29)15-22(25)30/h6-15H,4-5,16-18H2,1-3H3. The van der Waals surface area contributed by atoms with Crippen molar-refractivity contribution in [1.82, 2.24) is 9.55 Å². The van der Waals surface area contributed by atoms with E-state index in [1.165, 1.54) is 0 Å². The number of methoxy groups -OCH3 is 1. The molecule has 1 heterocycles. The summed E-state index contributed by atoms with van der Waals surface area (Å²) in [5.41, 5.74) is 4.77. The van der Waals surface area contributed by atoms with Crippen LogP contribution in [0.2, 0.25) is 10.0 Å². The van der Waals surface area contributed by atoms with E-state index in [0.717, 1.165) is 40.7 Å². The molecule has 1 aromatic heterocycles. The van der Waals surface area contributed by atoms with Crippen LogP contribution in [-0.2, 0) is 35.5 Å². The molecule has 0 unspecified atom stereocenters. The van der Waals surface area contributed by atoms with Crippen molar-refractivity contribution in [3.8, 4) is 5.75 Å². The lowest BCUT2D eigenvalue weighted by molar-refractivity contribution is -0.120. The van der Waals surface area contributed by atoms with E-state index >= 15 is 0 Å². The molecule has 4 rings (SSSR count). The number of rotatable bonds is 10. The molecule has 0 atom stereocenters. The minimum absolute atomic E-state index is 0.0815. The summed E-state index contributed by atoms with van der Waals surface area (Å²) in [4.78, 5) is 20.3. The highest BCUT2D eigenvalue weighted by Crippen LogP contribution is 2.30. The van der Waals surface area contributed by atoms with E-state index in [1.807, 2.05) is 34.9 Å². The highest BCUT2D eigenvalue weighted by molar-refractivity contribution is 6.35. The number of nitrogens with zero attached hydrogens (tertiary/aromatic N) is 3. The fourth-order valence-electron chi connectivity index (χ4n) is 4.32. The van der Waals surface area contributed by atoms with Crippen LogP contribution in [0.3, 0.4) is 0 Å². The Morgan fingerprint density at radius 1 is 1.00 bits per heavy atom. The van der Waals surface area contributed by atoms with E-state index in [-0.39, 0.29) is 25.8 Å². The SMILES string of the molecule is CCc1cccc(CC)c1N(COC)C(=O)Cn1c(COc2ccc(Cl)cc2Cl)nc2ccccc21. The molecule has 0 bridgehead atoms. The molecule has 0 aliphatic carbocycles. The molecule has 0 spiro atoms. The summed E-state index contributed by atoms with van der Waals surface area (Å²) in [5.74, 6) is 1.02. The van der Waals surface area contributed by atoms with Gasteiger partial charge in [0.05, 0.1) is 21.7 Å². The van der Waals surface area contributed by atoms with Crippen molar-refractivity contribution in [3.63, 3.8) is 0 Å². The number of aromatic nitrogens is 2. The zero-order valence-electron chi connectivity index (χ0n) is 20.6. The first-order valence-electron chi connectivity index (χ1n) is 11.9. The second-order valence-corrected chi connectivity index (χ2v) is 9.18. The van der Waals surface area contributed by atoms with Crippen molar-refractivity contribution in [2.45, 2.75) is 39.8 Å². The lowest BCUT2D eigenvalue weighted by Gasteiger charge is -2.27. The van der Waals surface area contributed by atoms with E-state index in [9.17, 15) is 4.79 Å². The van der Waals surface area contributed by atoms with Crippen molar-refractivity contribution >= 4 is 45.8 Å². The molecule has 8 heteroatoms. The highest BCUT2D eigenvalue weighted by atomic mass is 35.5. The second-order valence-electron chi connectivity index (χ2n) is 8.34. The lowest BCUT2D eigenvalue weighted by atomic mass is 10.0. The quantitative estimate of drug-likeness (QED) is 0.216. The number of hydrogen-bond donors (Lipinski definition) is 0. The first kappa shape index (κ1) is 26.0. The molecule has 0 aliphatic rings. The smallest absolute Gasteiger partial charge is 0.248 e. The third-order valence-corrected chi connectivity index (χ3v) is 6.60. The molecule has 0 radical (unpaired) electrons. The normalized spacial score (nSPS) is 11.1. The van der Waals surface area contributed by atoms with Gasteiger partial charge in [-0.15, -0.1) is 0 Å². The van der Waals surface area contributed by atoms with Crippen molar-refractivity contribution in [1.29, 1.82) is 0 Å². The first-order valence-corrected chi connectivity index (χ1v) is 12.6. The van der Waals surface area contributed by atoms with Gasteiger partial charge in [-0.25, -0.2) is 4.98 Å². The van der Waals surface area contributed by atoms with Crippen LogP contribution >= 0.6 is 23.2 Å². The Morgan fingerprint density at radius 2 is 1.72 bits per heavy atom. The molecule has 3 aromatic carbocycles.